The minimum absolute atomic E-state index is 0.130. The molecule has 2 nitrogen and oxygen atoms in total. The third-order valence-corrected chi connectivity index (χ3v) is 5.20. The molecule has 1 saturated carbocycles. The van der Waals surface area contributed by atoms with Gasteiger partial charge < -0.3 is 9.84 Å². The van der Waals surface area contributed by atoms with Crippen LogP contribution in [-0.2, 0) is 0 Å². The van der Waals surface area contributed by atoms with Crippen LogP contribution in [-0.4, -0.2) is 10.7 Å². The van der Waals surface area contributed by atoms with Crippen molar-refractivity contribution in [2.45, 2.75) is 64.6 Å². The summed E-state index contributed by atoms with van der Waals surface area (Å²) in [4.78, 5) is 0. The topological polar surface area (TPSA) is 29.5 Å². The van der Waals surface area contributed by atoms with Gasteiger partial charge in [0, 0.05) is 12.0 Å². The molecule has 1 aromatic rings. The van der Waals surface area contributed by atoms with Crippen molar-refractivity contribution in [1.29, 1.82) is 0 Å². The van der Waals surface area contributed by atoms with Gasteiger partial charge in [-0.1, -0.05) is 25.5 Å². The highest BCUT2D eigenvalue weighted by molar-refractivity contribution is 5.41. The maximum absolute atomic E-state index is 10.5. The quantitative estimate of drug-likeness (QED) is 0.822. The Morgan fingerprint density at radius 3 is 2.85 bits per heavy atom. The van der Waals surface area contributed by atoms with Crippen molar-refractivity contribution < 1.29 is 9.84 Å². The van der Waals surface area contributed by atoms with Gasteiger partial charge in [-0.2, -0.15) is 0 Å². The number of rotatable bonds is 1. The highest BCUT2D eigenvalue weighted by Crippen LogP contribution is 2.48. The van der Waals surface area contributed by atoms with Gasteiger partial charge in [0.05, 0.1) is 6.10 Å². The summed E-state index contributed by atoms with van der Waals surface area (Å²) in [6.45, 7) is 6.67. The molecule has 0 radical (unpaired) electrons. The van der Waals surface area contributed by atoms with Crippen molar-refractivity contribution >= 4 is 0 Å². The van der Waals surface area contributed by atoms with E-state index in [9.17, 15) is 5.11 Å². The lowest BCUT2D eigenvalue weighted by molar-refractivity contribution is -0.0573. The molecular formula is C18H26O2. The van der Waals surface area contributed by atoms with Crippen LogP contribution in [0.25, 0.3) is 0 Å². The van der Waals surface area contributed by atoms with Crippen molar-refractivity contribution in [3.8, 4) is 5.75 Å². The minimum atomic E-state index is -0.371. The minimum Gasteiger partial charge on any atom is -0.487 e. The third-order valence-electron chi connectivity index (χ3n) is 5.20. The standard InChI is InChI=1S/C18H26O2/c1-12(2)14-5-4-8-18(10-14)11-16(19)15-9-13(3)6-7-17(15)20-18/h6-7,9,12,14,16,19H,4-5,8,10-11H2,1-3H3/t14?,16-,18?/m1/s1. The highest BCUT2D eigenvalue weighted by atomic mass is 16.5. The zero-order valence-electron chi connectivity index (χ0n) is 12.9. The zero-order chi connectivity index (χ0) is 14.3. The van der Waals surface area contributed by atoms with E-state index in [0.29, 0.717) is 5.92 Å². The first-order valence-corrected chi connectivity index (χ1v) is 7.97. The van der Waals surface area contributed by atoms with E-state index in [-0.39, 0.29) is 11.7 Å². The third kappa shape index (κ3) is 2.46. The second-order valence-corrected chi connectivity index (χ2v) is 7.15. The molecule has 1 aliphatic carbocycles. The summed E-state index contributed by atoms with van der Waals surface area (Å²) in [5.74, 6) is 2.33. The molecule has 0 saturated heterocycles. The van der Waals surface area contributed by atoms with Crippen LogP contribution in [0.15, 0.2) is 18.2 Å². The lowest BCUT2D eigenvalue weighted by atomic mass is 9.70. The number of hydrogen-bond acceptors (Lipinski definition) is 2. The van der Waals surface area contributed by atoms with Crippen molar-refractivity contribution in [3.63, 3.8) is 0 Å². The predicted molar refractivity (Wildman–Crippen MR) is 80.9 cm³/mol. The van der Waals surface area contributed by atoms with E-state index in [2.05, 4.69) is 32.9 Å². The number of aryl methyl sites for hydroxylation is 1. The Balaban J connectivity index is 1.88. The van der Waals surface area contributed by atoms with E-state index < -0.39 is 0 Å². The number of fused-ring (bicyclic) bond motifs is 1. The van der Waals surface area contributed by atoms with Crippen molar-refractivity contribution in [1.82, 2.24) is 0 Å². The van der Waals surface area contributed by atoms with Gasteiger partial charge in [-0.15, -0.1) is 0 Å². The molecule has 2 unspecified atom stereocenters. The SMILES string of the molecule is Cc1ccc2c(c1)[C@H](O)CC1(CCCC(C(C)C)C1)O2. The van der Waals surface area contributed by atoms with Crippen LogP contribution < -0.4 is 4.74 Å². The van der Waals surface area contributed by atoms with Gasteiger partial charge >= 0.3 is 0 Å². The first kappa shape index (κ1) is 13.9. The van der Waals surface area contributed by atoms with Gasteiger partial charge in [-0.25, -0.2) is 0 Å². The summed E-state index contributed by atoms with van der Waals surface area (Å²) in [5, 5.41) is 10.5. The zero-order valence-corrected chi connectivity index (χ0v) is 12.9. The molecule has 20 heavy (non-hydrogen) atoms. The summed E-state index contributed by atoms with van der Waals surface area (Å²) < 4.78 is 6.41. The predicted octanol–water partition coefficient (Wildman–Crippen LogP) is 4.40. The molecule has 0 aromatic heterocycles. The molecule has 1 N–H and O–H groups in total. The molecule has 1 aliphatic heterocycles. The summed E-state index contributed by atoms with van der Waals surface area (Å²) in [5.41, 5.74) is 2.03. The van der Waals surface area contributed by atoms with Crippen molar-refractivity contribution in [3.05, 3.63) is 29.3 Å². The van der Waals surface area contributed by atoms with E-state index in [1.165, 1.54) is 18.4 Å². The van der Waals surface area contributed by atoms with E-state index in [1.807, 2.05) is 6.07 Å². The second-order valence-electron chi connectivity index (χ2n) is 7.15. The average Bonchev–Trinajstić information content (AvgIpc) is 2.40. The fraction of sp³-hybridized carbons (Fsp3) is 0.667. The van der Waals surface area contributed by atoms with Gasteiger partial charge in [-0.05, 0) is 56.6 Å². The smallest absolute Gasteiger partial charge is 0.125 e. The Morgan fingerprint density at radius 2 is 2.10 bits per heavy atom. The summed E-state index contributed by atoms with van der Waals surface area (Å²) >= 11 is 0. The van der Waals surface area contributed by atoms with Gasteiger partial charge in [0.1, 0.15) is 11.4 Å². The van der Waals surface area contributed by atoms with Crippen LogP contribution in [0.1, 0.15) is 63.2 Å². The van der Waals surface area contributed by atoms with Crippen LogP contribution >= 0.6 is 0 Å². The molecule has 110 valence electrons. The molecule has 3 rings (SSSR count). The molecule has 1 heterocycles. The Bertz CT molecular complexity index is 494. The highest BCUT2D eigenvalue weighted by Gasteiger charge is 2.44. The first-order chi connectivity index (χ1) is 9.49. The average molecular weight is 274 g/mol. The summed E-state index contributed by atoms with van der Waals surface area (Å²) in [6.07, 6.45) is 5.09. The molecule has 0 amide bonds. The van der Waals surface area contributed by atoms with Crippen LogP contribution in [0.4, 0.5) is 0 Å². The van der Waals surface area contributed by atoms with E-state index in [0.717, 1.165) is 36.5 Å². The Labute approximate surface area is 122 Å². The number of aliphatic hydroxyl groups is 1. The number of ether oxygens (including phenoxy) is 1. The van der Waals surface area contributed by atoms with E-state index >= 15 is 0 Å². The first-order valence-electron chi connectivity index (χ1n) is 7.97. The molecule has 2 aliphatic rings. The van der Waals surface area contributed by atoms with Gasteiger partial charge in [-0.3, -0.25) is 0 Å². The van der Waals surface area contributed by atoms with Gasteiger partial charge in [0.25, 0.3) is 0 Å². The maximum Gasteiger partial charge on any atom is 0.125 e. The van der Waals surface area contributed by atoms with Gasteiger partial charge in [0.15, 0.2) is 0 Å². The van der Waals surface area contributed by atoms with Crippen molar-refractivity contribution in [2.24, 2.45) is 11.8 Å². The molecule has 3 atom stereocenters. The van der Waals surface area contributed by atoms with Crippen LogP contribution in [0.2, 0.25) is 0 Å². The largest absolute Gasteiger partial charge is 0.487 e. The van der Waals surface area contributed by atoms with Gasteiger partial charge in [0.2, 0.25) is 0 Å². The van der Waals surface area contributed by atoms with Crippen molar-refractivity contribution in [2.75, 3.05) is 0 Å². The fourth-order valence-corrected chi connectivity index (χ4v) is 3.97. The Kier molecular flexibility index (Phi) is 3.53. The fourth-order valence-electron chi connectivity index (χ4n) is 3.97. The molecule has 1 fully saturated rings. The number of hydrogen-bond donors (Lipinski definition) is 1. The lowest BCUT2D eigenvalue weighted by Crippen LogP contribution is -2.45. The van der Waals surface area contributed by atoms with Crippen LogP contribution in [0.3, 0.4) is 0 Å². The van der Waals surface area contributed by atoms with E-state index in [1.54, 1.807) is 0 Å². The normalized spacial score (nSPS) is 33.0. The second kappa shape index (κ2) is 5.07. The van der Waals surface area contributed by atoms with Crippen LogP contribution in [0.5, 0.6) is 5.75 Å². The molecule has 1 spiro atoms. The van der Waals surface area contributed by atoms with Crippen LogP contribution in [0, 0.1) is 18.8 Å². The Hall–Kier alpha value is -1.02. The molecule has 1 aromatic carbocycles. The maximum atomic E-state index is 10.5. The lowest BCUT2D eigenvalue weighted by Gasteiger charge is -2.46. The number of benzene rings is 1. The monoisotopic (exact) mass is 274 g/mol. The summed E-state index contributed by atoms with van der Waals surface area (Å²) in [7, 11) is 0. The molecule has 0 bridgehead atoms. The Morgan fingerprint density at radius 1 is 1.30 bits per heavy atom. The summed E-state index contributed by atoms with van der Waals surface area (Å²) in [6, 6.07) is 6.18. The van der Waals surface area contributed by atoms with E-state index in [4.69, 9.17) is 4.74 Å². The molecular weight excluding hydrogens is 248 g/mol. The number of aliphatic hydroxyl groups excluding tert-OH is 1. The molecule has 2 heteroatoms.